The Labute approximate surface area is 70.5 Å². The number of hydrogen-bond donors (Lipinski definition) is 5. The molecule has 6 N–H and O–H groups in total. The van der Waals surface area contributed by atoms with E-state index < -0.39 is 7.82 Å². The third-order valence-corrected chi connectivity index (χ3v) is 1.28. The first-order chi connectivity index (χ1) is 5.56. The average Bonchev–Trinajstić information content (AvgIpc) is 1.94. The first-order valence-corrected chi connectivity index (χ1v) is 4.97. The van der Waals surface area contributed by atoms with Crippen molar-refractivity contribution in [3.63, 3.8) is 0 Å². The zero-order valence-electron chi connectivity index (χ0n) is 6.56. The predicted octanol–water partition coefficient (Wildman–Crippen LogP) is -1.85. The molecule has 0 amide bonds. The lowest BCUT2D eigenvalue weighted by atomic mass is 10.6. The molecule has 0 heterocycles. The molecule has 0 aliphatic rings. The van der Waals surface area contributed by atoms with Gasteiger partial charge in [-0.05, 0) is 0 Å². The second kappa shape index (κ2) is 6.50. The van der Waals surface area contributed by atoms with Crippen LogP contribution in [0.2, 0.25) is 0 Å². The quantitative estimate of drug-likeness (QED) is 0.185. The molecule has 0 aromatic heterocycles. The summed E-state index contributed by atoms with van der Waals surface area (Å²) in [5.74, 6) is 0. The van der Waals surface area contributed by atoms with E-state index in [2.05, 4.69) is 15.4 Å². The van der Waals surface area contributed by atoms with Crippen molar-refractivity contribution in [2.45, 2.75) is 0 Å². The van der Waals surface area contributed by atoms with Gasteiger partial charge in [-0.2, -0.15) is 10.1 Å². The maximum atomic E-state index is 10.1. The van der Waals surface area contributed by atoms with E-state index in [1.807, 2.05) is 0 Å². The molecule has 0 aliphatic carbocycles. The Morgan fingerprint density at radius 1 is 1.33 bits per heavy atom. The van der Waals surface area contributed by atoms with Crippen LogP contribution in [0.25, 0.3) is 0 Å². The topological polar surface area (TPSA) is 117 Å². The lowest BCUT2D eigenvalue weighted by Crippen LogP contribution is -2.30. The highest BCUT2D eigenvalue weighted by atomic mass is 31.2. The van der Waals surface area contributed by atoms with E-state index in [9.17, 15) is 4.57 Å². The minimum Gasteiger partial charge on any atom is -0.329 e. The molecule has 0 aromatic carbocycles. The second-order valence-corrected chi connectivity index (χ2v) is 3.18. The maximum Gasteiger partial charge on any atom is 0.486 e. The molecule has 7 nitrogen and oxygen atoms in total. The third kappa shape index (κ3) is 9.99. The van der Waals surface area contributed by atoms with E-state index in [-0.39, 0.29) is 0 Å². The number of nitrogens with two attached hydrogens (primary N) is 1. The Bertz CT molecular complexity index is 149. The number of hydrogen-bond acceptors (Lipinski definition) is 5. The monoisotopic (exact) mass is 199 g/mol. The fourth-order valence-corrected chi connectivity index (χ4v) is 0.756. The van der Waals surface area contributed by atoms with Crippen LogP contribution >= 0.6 is 7.82 Å². The average molecular weight is 199 g/mol. The van der Waals surface area contributed by atoms with Crippen molar-refractivity contribution >= 4 is 7.82 Å². The summed E-state index contributed by atoms with van der Waals surface area (Å²) in [6.07, 6.45) is 0. The Hall–Kier alpha value is -0.0100. The lowest BCUT2D eigenvalue weighted by Gasteiger charge is -2.06. The van der Waals surface area contributed by atoms with Gasteiger partial charge in [-0.15, -0.1) is 0 Å². The summed E-state index contributed by atoms with van der Waals surface area (Å²) in [6.45, 7) is 2.04. The molecule has 0 aliphatic heterocycles. The van der Waals surface area contributed by atoms with Crippen LogP contribution in [0.4, 0.5) is 0 Å². The summed E-state index contributed by atoms with van der Waals surface area (Å²) in [7, 11) is -4.38. The number of phosphoric acid groups is 1. The highest BCUT2D eigenvalue weighted by molar-refractivity contribution is 7.46. The molecule has 74 valence electrons. The van der Waals surface area contributed by atoms with Crippen molar-refractivity contribution < 1.29 is 19.0 Å². The SMILES string of the molecule is NCCNCCNOP(=O)(O)O. The van der Waals surface area contributed by atoms with Crippen LogP contribution in [0.5, 0.6) is 0 Å². The molecule has 0 saturated heterocycles. The van der Waals surface area contributed by atoms with Gasteiger partial charge in [0.1, 0.15) is 0 Å². The molecule has 0 fully saturated rings. The highest BCUT2D eigenvalue weighted by Crippen LogP contribution is 2.33. The van der Waals surface area contributed by atoms with E-state index in [4.69, 9.17) is 15.5 Å². The van der Waals surface area contributed by atoms with Crippen LogP contribution in [0.3, 0.4) is 0 Å². The summed E-state index contributed by atoms with van der Waals surface area (Å²) >= 11 is 0. The summed E-state index contributed by atoms with van der Waals surface area (Å²) in [6, 6.07) is 0. The molecule has 0 spiro atoms. The summed E-state index contributed by atoms with van der Waals surface area (Å²) in [5, 5.41) is 2.90. The van der Waals surface area contributed by atoms with Crippen LogP contribution in [0.15, 0.2) is 0 Å². The maximum absolute atomic E-state index is 10.1. The molecule has 0 radical (unpaired) electrons. The van der Waals surface area contributed by atoms with Gasteiger partial charge in [-0.3, -0.25) is 0 Å². The minimum atomic E-state index is -4.38. The van der Waals surface area contributed by atoms with Crippen LogP contribution in [0.1, 0.15) is 0 Å². The summed E-state index contributed by atoms with van der Waals surface area (Å²) in [4.78, 5) is 16.4. The zero-order valence-corrected chi connectivity index (χ0v) is 7.46. The van der Waals surface area contributed by atoms with Gasteiger partial charge in [0.25, 0.3) is 0 Å². The van der Waals surface area contributed by atoms with Crippen molar-refractivity contribution in [1.29, 1.82) is 0 Å². The van der Waals surface area contributed by atoms with Gasteiger partial charge in [0, 0.05) is 26.2 Å². The first-order valence-electron chi connectivity index (χ1n) is 3.44. The largest absolute Gasteiger partial charge is 0.486 e. The van der Waals surface area contributed by atoms with Gasteiger partial charge in [0.15, 0.2) is 0 Å². The van der Waals surface area contributed by atoms with Crippen molar-refractivity contribution in [3.8, 4) is 0 Å². The van der Waals surface area contributed by atoms with E-state index in [1.54, 1.807) is 0 Å². The normalized spacial score (nSPS) is 11.9. The molecule has 0 rings (SSSR count). The van der Waals surface area contributed by atoms with Crippen LogP contribution in [0, 0.1) is 0 Å². The molecular weight excluding hydrogens is 185 g/mol. The Balaban J connectivity index is 3.06. The van der Waals surface area contributed by atoms with E-state index in [0.717, 1.165) is 0 Å². The molecule has 0 unspecified atom stereocenters. The van der Waals surface area contributed by atoms with Gasteiger partial charge in [0.05, 0.1) is 0 Å². The molecule has 0 bridgehead atoms. The van der Waals surface area contributed by atoms with E-state index >= 15 is 0 Å². The van der Waals surface area contributed by atoms with Crippen molar-refractivity contribution in [1.82, 2.24) is 10.8 Å². The van der Waals surface area contributed by atoms with Crippen molar-refractivity contribution in [2.24, 2.45) is 5.73 Å². The zero-order chi connectivity index (χ0) is 9.45. The number of rotatable bonds is 7. The smallest absolute Gasteiger partial charge is 0.329 e. The number of nitrogens with one attached hydrogen (secondary N) is 2. The van der Waals surface area contributed by atoms with E-state index in [1.165, 1.54) is 0 Å². The Kier molecular flexibility index (Phi) is 6.49. The van der Waals surface area contributed by atoms with Gasteiger partial charge in [-0.25, -0.2) is 4.57 Å². The molecule has 8 heteroatoms. The molecule has 0 atom stereocenters. The van der Waals surface area contributed by atoms with Gasteiger partial charge >= 0.3 is 7.82 Å². The third-order valence-electron chi connectivity index (χ3n) is 0.908. The fourth-order valence-electron chi connectivity index (χ4n) is 0.496. The number of hydroxylamine groups is 1. The summed E-state index contributed by atoms with van der Waals surface area (Å²) in [5.41, 5.74) is 7.29. The summed E-state index contributed by atoms with van der Waals surface area (Å²) < 4.78 is 14.0. The van der Waals surface area contributed by atoms with Gasteiger partial charge in [-0.1, -0.05) is 0 Å². The van der Waals surface area contributed by atoms with Crippen LogP contribution in [-0.4, -0.2) is 36.0 Å². The van der Waals surface area contributed by atoms with Crippen molar-refractivity contribution in [2.75, 3.05) is 26.2 Å². The Morgan fingerprint density at radius 2 is 2.00 bits per heavy atom. The molecule has 12 heavy (non-hydrogen) atoms. The van der Waals surface area contributed by atoms with Gasteiger partial charge < -0.3 is 20.8 Å². The predicted molar refractivity (Wildman–Crippen MR) is 43.1 cm³/mol. The molecule has 0 saturated carbocycles. The minimum absolute atomic E-state index is 0.311. The van der Waals surface area contributed by atoms with Crippen LogP contribution in [-0.2, 0) is 9.19 Å². The highest BCUT2D eigenvalue weighted by Gasteiger charge is 2.12. The second-order valence-electron chi connectivity index (χ2n) is 2.01. The first kappa shape index (κ1) is 12.0. The molecule has 0 aromatic rings. The van der Waals surface area contributed by atoms with Gasteiger partial charge in [0.2, 0.25) is 0 Å². The molecular formula is C4H14N3O4P. The lowest BCUT2D eigenvalue weighted by molar-refractivity contribution is 0.126. The van der Waals surface area contributed by atoms with Crippen molar-refractivity contribution in [3.05, 3.63) is 0 Å². The van der Waals surface area contributed by atoms with Crippen LogP contribution < -0.4 is 16.5 Å². The van der Waals surface area contributed by atoms with E-state index in [0.29, 0.717) is 26.2 Å². The fraction of sp³-hybridized carbons (Fsp3) is 1.00. The standard InChI is InChI=1S/C4H14N3O4P/c5-1-2-6-3-4-7-11-12(8,9)10/h6-7H,1-5H2,(H2,8,9,10). The Morgan fingerprint density at radius 3 is 2.50 bits per heavy atom.